The van der Waals surface area contributed by atoms with Crippen molar-refractivity contribution in [3.8, 4) is 0 Å². The fourth-order valence-corrected chi connectivity index (χ4v) is 2.80. The highest BCUT2D eigenvalue weighted by molar-refractivity contribution is 5.92. The smallest absolute Gasteiger partial charge is 0.308 e. The molecule has 1 saturated heterocycles. The van der Waals surface area contributed by atoms with Gasteiger partial charge in [0.25, 0.3) is 0 Å². The third-order valence-electron chi connectivity index (χ3n) is 4.52. The fraction of sp³-hybridized carbons (Fsp3) is 0.526. The molecule has 1 heterocycles. The number of esters is 1. The number of hydrogen-bond acceptors (Lipinski definition) is 4. The van der Waals surface area contributed by atoms with Gasteiger partial charge in [0, 0.05) is 13.1 Å². The topological polar surface area (TPSA) is 75.7 Å². The molecule has 2 atom stereocenters. The van der Waals surface area contributed by atoms with Gasteiger partial charge in [-0.15, -0.1) is 0 Å². The van der Waals surface area contributed by atoms with Crippen molar-refractivity contribution >= 4 is 17.8 Å². The zero-order chi connectivity index (χ0) is 18.4. The number of rotatable bonds is 6. The predicted molar refractivity (Wildman–Crippen MR) is 93.9 cm³/mol. The minimum atomic E-state index is -0.804. The fourth-order valence-electron chi connectivity index (χ4n) is 2.80. The second-order valence-electron chi connectivity index (χ2n) is 6.41. The van der Waals surface area contributed by atoms with Gasteiger partial charge < -0.3 is 15.0 Å². The van der Waals surface area contributed by atoms with Crippen LogP contribution in [0, 0.1) is 6.92 Å². The molecule has 0 aliphatic carbocycles. The molecule has 0 spiro atoms. The number of nitrogens with one attached hydrogen (secondary N) is 1. The first kappa shape index (κ1) is 19.0. The summed E-state index contributed by atoms with van der Waals surface area (Å²) in [5.41, 5.74) is 1.96. The van der Waals surface area contributed by atoms with E-state index in [1.807, 2.05) is 38.1 Å². The molecule has 1 aromatic rings. The molecular formula is C19H26N2O4. The Labute approximate surface area is 148 Å². The Morgan fingerprint density at radius 1 is 1.36 bits per heavy atom. The molecule has 1 aliphatic heterocycles. The standard InChI is InChI=1S/C19H26N2O4/c1-4-14(3)25-18(23)12-16-19(24)20-9-10-21(16)17(22)11-15-8-6-5-7-13(15)2/h5-8,14,16H,4,9-12H2,1-3H3,(H,20,24). The molecule has 6 heteroatoms. The van der Waals surface area contributed by atoms with Crippen molar-refractivity contribution in [1.29, 1.82) is 0 Å². The van der Waals surface area contributed by atoms with Crippen molar-refractivity contribution < 1.29 is 19.1 Å². The lowest BCUT2D eigenvalue weighted by atomic mass is 10.0. The van der Waals surface area contributed by atoms with Gasteiger partial charge in [-0.05, 0) is 31.4 Å². The highest BCUT2D eigenvalue weighted by Gasteiger charge is 2.35. The Bertz CT molecular complexity index is 644. The molecular weight excluding hydrogens is 320 g/mol. The molecule has 2 unspecified atom stereocenters. The van der Waals surface area contributed by atoms with E-state index in [1.54, 1.807) is 6.92 Å². The molecule has 0 saturated carbocycles. The van der Waals surface area contributed by atoms with Crippen LogP contribution in [0.25, 0.3) is 0 Å². The van der Waals surface area contributed by atoms with Crippen LogP contribution in [0.15, 0.2) is 24.3 Å². The van der Waals surface area contributed by atoms with E-state index in [9.17, 15) is 14.4 Å². The first-order valence-corrected chi connectivity index (χ1v) is 8.73. The van der Waals surface area contributed by atoms with E-state index in [0.29, 0.717) is 19.5 Å². The van der Waals surface area contributed by atoms with Crippen LogP contribution in [-0.2, 0) is 25.5 Å². The van der Waals surface area contributed by atoms with Crippen LogP contribution in [0.4, 0.5) is 0 Å². The van der Waals surface area contributed by atoms with Gasteiger partial charge in [-0.3, -0.25) is 14.4 Å². The number of carbonyl (C=O) groups excluding carboxylic acids is 3. The van der Waals surface area contributed by atoms with Crippen LogP contribution in [0.3, 0.4) is 0 Å². The molecule has 25 heavy (non-hydrogen) atoms. The van der Waals surface area contributed by atoms with Crippen LogP contribution in [-0.4, -0.2) is 47.9 Å². The van der Waals surface area contributed by atoms with Crippen molar-refractivity contribution in [2.45, 2.75) is 52.2 Å². The summed E-state index contributed by atoms with van der Waals surface area (Å²) in [4.78, 5) is 38.5. The van der Waals surface area contributed by atoms with Crippen LogP contribution >= 0.6 is 0 Å². The second-order valence-corrected chi connectivity index (χ2v) is 6.41. The summed E-state index contributed by atoms with van der Waals surface area (Å²) in [6.07, 6.45) is 0.612. The maximum absolute atomic E-state index is 12.7. The summed E-state index contributed by atoms with van der Waals surface area (Å²) in [5, 5.41) is 2.72. The van der Waals surface area contributed by atoms with E-state index in [1.165, 1.54) is 4.90 Å². The Balaban J connectivity index is 2.07. The molecule has 1 aromatic carbocycles. The Hall–Kier alpha value is -2.37. The van der Waals surface area contributed by atoms with Crippen LogP contribution in [0.2, 0.25) is 0 Å². The molecule has 0 aromatic heterocycles. The minimum Gasteiger partial charge on any atom is -0.463 e. The van der Waals surface area contributed by atoms with Crippen LogP contribution in [0.1, 0.15) is 37.8 Å². The van der Waals surface area contributed by atoms with Gasteiger partial charge in [0.15, 0.2) is 0 Å². The maximum atomic E-state index is 12.7. The van der Waals surface area contributed by atoms with Crippen molar-refractivity contribution in [3.63, 3.8) is 0 Å². The lowest BCUT2D eigenvalue weighted by molar-refractivity contribution is -0.154. The zero-order valence-electron chi connectivity index (χ0n) is 15.1. The number of carbonyl (C=O) groups is 3. The van der Waals surface area contributed by atoms with Crippen molar-refractivity contribution in [1.82, 2.24) is 10.2 Å². The van der Waals surface area contributed by atoms with Crippen LogP contribution in [0.5, 0.6) is 0 Å². The Morgan fingerprint density at radius 3 is 2.76 bits per heavy atom. The van der Waals surface area contributed by atoms with E-state index in [2.05, 4.69) is 5.32 Å². The summed E-state index contributed by atoms with van der Waals surface area (Å²) in [5.74, 6) is -0.902. The Kier molecular flexibility index (Phi) is 6.56. The van der Waals surface area contributed by atoms with E-state index in [4.69, 9.17) is 4.74 Å². The van der Waals surface area contributed by atoms with Gasteiger partial charge in [0.1, 0.15) is 6.04 Å². The average molecular weight is 346 g/mol. The van der Waals surface area contributed by atoms with Gasteiger partial charge >= 0.3 is 5.97 Å². The third kappa shape index (κ3) is 5.05. The highest BCUT2D eigenvalue weighted by atomic mass is 16.5. The number of aryl methyl sites for hydroxylation is 1. The highest BCUT2D eigenvalue weighted by Crippen LogP contribution is 2.15. The summed E-state index contributed by atoms with van der Waals surface area (Å²) >= 11 is 0. The van der Waals surface area contributed by atoms with Gasteiger partial charge in [-0.1, -0.05) is 31.2 Å². The van der Waals surface area contributed by atoms with Crippen molar-refractivity contribution in [3.05, 3.63) is 35.4 Å². The lowest BCUT2D eigenvalue weighted by Gasteiger charge is -2.35. The lowest BCUT2D eigenvalue weighted by Crippen LogP contribution is -2.58. The van der Waals surface area contributed by atoms with Gasteiger partial charge in [-0.2, -0.15) is 0 Å². The maximum Gasteiger partial charge on any atom is 0.308 e. The molecule has 136 valence electrons. The number of benzene rings is 1. The molecule has 0 radical (unpaired) electrons. The second kappa shape index (κ2) is 8.65. The summed E-state index contributed by atoms with van der Waals surface area (Å²) in [6, 6.07) is 6.86. The summed E-state index contributed by atoms with van der Waals surface area (Å²) in [6.45, 7) is 6.47. The SMILES string of the molecule is CCC(C)OC(=O)CC1C(=O)NCCN1C(=O)Cc1ccccc1C. The summed E-state index contributed by atoms with van der Waals surface area (Å²) in [7, 11) is 0. The average Bonchev–Trinajstić information content (AvgIpc) is 2.58. The molecule has 1 aliphatic rings. The van der Waals surface area contributed by atoms with Gasteiger partial charge in [-0.25, -0.2) is 0 Å². The minimum absolute atomic E-state index is 0.115. The van der Waals surface area contributed by atoms with Crippen LogP contribution < -0.4 is 5.32 Å². The molecule has 2 rings (SSSR count). The molecule has 1 N–H and O–H groups in total. The number of piperazine rings is 1. The third-order valence-corrected chi connectivity index (χ3v) is 4.52. The van der Waals surface area contributed by atoms with E-state index < -0.39 is 12.0 Å². The predicted octanol–water partition coefficient (Wildman–Crippen LogP) is 1.60. The largest absolute Gasteiger partial charge is 0.463 e. The molecule has 0 bridgehead atoms. The monoisotopic (exact) mass is 346 g/mol. The van der Waals surface area contributed by atoms with Gasteiger partial charge in [0.2, 0.25) is 11.8 Å². The molecule has 6 nitrogen and oxygen atoms in total. The Morgan fingerprint density at radius 2 is 2.08 bits per heavy atom. The first-order valence-electron chi connectivity index (χ1n) is 8.73. The normalized spacial score (nSPS) is 18.4. The quantitative estimate of drug-likeness (QED) is 0.794. The zero-order valence-corrected chi connectivity index (χ0v) is 15.1. The number of amides is 2. The van der Waals surface area contributed by atoms with Crippen molar-refractivity contribution in [2.75, 3.05) is 13.1 Å². The number of nitrogens with zero attached hydrogens (tertiary/aromatic N) is 1. The number of hydrogen-bond donors (Lipinski definition) is 1. The molecule has 2 amide bonds. The van der Waals surface area contributed by atoms with Gasteiger partial charge in [0.05, 0.1) is 18.9 Å². The van der Waals surface area contributed by atoms with E-state index >= 15 is 0 Å². The molecule has 1 fully saturated rings. The summed E-state index contributed by atoms with van der Waals surface area (Å²) < 4.78 is 5.26. The van der Waals surface area contributed by atoms with Crippen molar-refractivity contribution in [2.24, 2.45) is 0 Å². The van der Waals surface area contributed by atoms with E-state index in [0.717, 1.165) is 11.1 Å². The number of ether oxygens (including phenoxy) is 1. The first-order chi connectivity index (χ1) is 11.9. The van der Waals surface area contributed by atoms with E-state index in [-0.39, 0.29) is 30.8 Å².